The van der Waals surface area contributed by atoms with Gasteiger partial charge in [0.25, 0.3) is 0 Å². The summed E-state index contributed by atoms with van der Waals surface area (Å²) in [4.78, 5) is 9.39. The Hall–Kier alpha value is -2.40. The minimum Gasteiger partial charge on any atom is -0.497 e. The number of aromatic nitrogens is 3. The number of ether oxygens (including phenoxy) is 1. The summed E-state index contributed by atoms with van der Waals surface area (Å²) >= 11 is 0. The summed E-state index contributed by atoms with van der Waals surface area (Å²) in [5, 5.41) is 3.43. The summed E-state index contributed by atoms with van der Waals surface area (Å²) in [5.74, 6) is 2.58. The van der Waals surface area contributed by atoms with Crippen LogP contribution in [0.15, 0.2) is 42.6 Å². The van der Waals surface area contributed by atoms with Crippen molar-refractivity contribution in [1.29, 1.82) is 0 Å². The lowest BCUT2D eigenvalue weighted by Gasteiger charge is -2.12. The predicted molar refractivity (Wildman–Crippen MR) is 90.1 cm³/mol. The summed E-state index contributed by atoms with van der Waals surface area (Å²) in [6, 6.07) is 12.0. The van der Waals surface area contributed by atoms with Gasteiger partial charge in [-0.1, -0.05) is 0 Å². The maximum absolute atomic E-state index is 5.26. The largest absolute Gasteiger partial charge is 0.497 e. The highest BCUT2D eigenvalue weighted by Crippen LogP contribution is 2.24. The van der Waals surface area contributed by atoms with Gasteiger partial charge in [0.1, 0.15) is 17.1 Å². The molecule has 0 aliphatic carbocycles. The van der Waals surface area contributed by atoms with E-state index in [1.807, 2.05) is 30.5 Å². The molecule has 0 bridgehead atoms. The van der Waals surface area contributed by atoms with Crippen LogP contribution in [-0.2, 0) is 6.42 Å². The average molecular weight is 308 g/mol. The SMILES string of the molecule is COc1ccc(-n2c(CC3CCNC3)nc3cccnc32)cc1. The smallest absolute Gasteiger partial charge is 0.164 e. The Bertz CT molecular complexity index is 804. The van der Waals surface area contributed by atoms with Crippen LogP contribution in [0.4, 0.5) is 0 Å². The number of methoxy groups -OCH3 is 1. The minimum absolute atomic E-state index is 0.642. The molecule has 2 aromatic heterocycles. The van der Waals surface area contributed by atoms with Gasteiger partial charge < -0.3 is 10.1 Å². The van der Waals surface area contributed by atoms with Crippen LogP contribution in [0.5, 0.6) is 5.75 Å². The fraction of sp³-hybridized carbons (Fsp3) is 0.333. The molecular formula is C18H20N4O. The molecule has 0 saturated carbocycles. The molecule has 23 heavy (non-hydrogen) atoms. The molecule has 1 fully saturated rings. The Labute approximate surface area is 135 Å². The number of imidazole rings is 1. The fourth-order valence-electron chi connectivity index (χ4n) is 3.25. The molecule has 1 N–H and O–H groups in total. The molecule has 1 aromatic carbocycles. The van der Waals surface area contributed by atoms with Crippen LogP contribution in [-0.4, -0.2) is 34.7 Å². The van der Waals surface area contributed by atoms with Crippen molar-refractivity contribution in [1.82, 2.24) is 19.9 Å². The quantitative estimate of drug-likeness (QED) is 0.805. The van der Waals surface area contributed by atoms with Crippen LogP contribution in [0.1, 0.15) is 12.2 Å². The highest BCUT2D eigenvalue weighted by Gasteiger charge is 2.20. The number of benzene rings is 1. The Morgan fingerprint density at radius 1 is 1.26 bits per heavy atom. The molecule has 118 valence electrons. The predicted octanol–water partition coefficient (Wildman–Crippen LogP) is 2.58. The van der Waals surface area contributed by atoms with Crippen LogP contribution >= 0.6 is 0 Å². The minimum atomic E-state index is 0.642. The highest BCUT2D eigenvalue weighted by molar-refractivity contribution is 5.73. The van der Waals surface area contributed by atoms with Gasteiger partial charge in [-0.25, -0.2) is 9.97 Å². The maximum Gasteiger partial charge on any atom is 0.164 e. The monoisotopic (exact) mass is 308 g/mol. The van der Waals surface area contributed by atoms with E-state index in [9.17, 15) is 0 Å². The molecule has 5 nitrogen and oxygen atoms in total. The van der Waals surface area contributed by atoms with Gasteiger partial charge in [0.2, 0.25) is 0 Å². The van der Waals surface area contributed by atoms with E-state index in [2.05, 4.69) is 27.0 Å². The van der Waals surface area contributed by atoms with Crippen molar-refractivity contribution in [2.24, 2.45) is 5.92 Å². The molecule has 1 unspecified atom stereocenters. The van der Waals surface area contributed by atoms with Gasteiger partial charge in [0.05, 0.1) is 7.11 Å². The molecule has 0 amide bonds. The summed E-state index contributed by atoms with van der Waals surface area (Å²) < 4.78 is 7.44. The third-order valence-corrected chi connectivity index (χ3v) is 4.45. The lowest BCUT2D eigenvalue weighted by Crippen LogP contribution is -2.13. The molecule has 1 atom stereocenters. The first-order chi connectivity index (χ1) is 11.3. The zero-order chi connectivity index (χ0) is 15.6. The van der Waals surface area contributed by atoms with E-state index in [4.69, 9.17) is 9.72 Å². The van der Waals surface area contributed by atoms with Crippen molar-refractivity contribution in [2.75, 3.05) is 20.2 Å². The van der Waals surface area contributed by atoms with E-state index in [1.54, 1.807) is 7.11 Å². The first-order valence-electron chi connectivity index (χ1n) is 8.02. The van der Waals surface area contributed by atoms with E-state index >= 15 is 0 Å². The maximum atomic E-state index is 5.26. The van der Waals surface area contributed by atoms with Crippen molar-refractivity contribution < 1.29 is 4.74 Å². The molecule has 1 aliphatic rings. The first-order valence-corrected chi connectivity index (χ1v) is 8.02. The molecule has 3 aromatic rings. The van der Waals surface area contributed by atoms with Gasteiger partial charge in [-0.2, -0.15) is 0 Å². The Morgan fingerprint density at radius 3 is 2.87 bits per heavy atom. The average Bonchev–Trinajstić information content (AvgIpc) is 3.22. The lowest BCUT2D eigenvalue weighted by atomic mass is 10.0. The van der Waals surface area contributed by atoms with E-state index in [-0.39, 0.29) is 0 Å². The number of hydrogen-bond acceptors (Lipinski definition) is 4. The van der Waals surface area contributed by atoms with E-state index in [0.29, 0.717) is 5.92 Å². The zero-order valence-electron chi connectivity index (χ0n) is 13.2. The van der Waals surface area contributed by atoms with E-state index < -0.39 is 0 Å². The molecule has 0 spiro atoms. The van der Waals surface area contributed by atoms with Crippen LogP contribution in [0.2, 0.25) is 0 Å². The summed E-state index contributed by atoms with van der Waals surface area (Å²) in [6.45, 7) is 2.17. The second-order valence-electron chi connectivity index (χ2n) is 5.97. The number of hydrogen-bond donors (Lipinski definition) is 1. The van der Waals surface area contributed by atoms with Crippen molar-refractivity contribution in [3.63, 3.8) is 0 Å². The number of pyridine rings is 1. The van der Waals surface area contributed by atoms with E-state index in [0.717, 1.165) is 47.9 Å². The molecule has 3 heterocycles. The molecule has 4 rings (SSSR count). The molecule has 1 aliphatic heterocycles. The first kappa shape index (κ1) is 14.2. The third kappa shape index (κ3) is 2.68. The van der Waals surface area contributed by atoms with Gasteiger partial charge in [-0.3, -0.25) is 4.57 Å². The summed E-state index contributed by atoms with van der Waals surface area (Å²) in [6.07, 6.45) is 4.00. The van der Waals surface area contributed by atoms with Gasteiger partial charge >= 0.3 is 0 Å². The van der Waals surface area contributed by atoms with Crippen molar-refractivity contribution >= 4 is 11.2 Å². The molecule has 0 radical (unpaired) electrons. The Kier molecular flexibility index (Phi) is 3.71. The molecular weight excluding hydrogens is 288 g/mol. The normalized spacial score (nSPS) is 17.7. The topological polar surface area (TPSA) is 52.0 Å². The van der Waals surface area contributed by atoms with Gasteiger partial charge in [-0.05, 0) is 61.8 Å². The molecule has 5 heteroatoms. The lowest BCUT2D eigenvalue weighted by molar-refractivity contribution is 0.414. The van der Waals surface area contributed by atoms with Crippen LogP contribution in [0, 0.1) is 5.92 Å². The van der Waals surface area contributed by atoms with Crippen molar-refractivity contribution in [3.05, 3.63) is 48.4 Å². The van der Waals surface area contributed by atoms with Gasteiger partial charge in [-0.15, -0.1) is 0 Å². The van der Waals surface area contributed by atoms with Crippen molar-refractivity contribution in [2.45, 2.75) is 12.8 Å². The number of fused-ring (bicyclic) bond motifs is 1. The number of rotatable bonds is 4. The fourth-order valence-corrected chi connectivity index (χ4v) is 3.25. The zero-order valence-corrected chi connectivity index (χ0v) is 13.2. The van der Waals surface area contributed by atoms with Gasteiger partial charge in [0, 0.05) is 18.3 Å². The Balaban J connectivity index is 1.80. The third-order valence-electron chi connectivity index (χ3n) is 4.45. The van der Waals surface area contributed by atoms with Crippen LogP contribution < -0.4 is 10.1 Å². The second-order valence-corrected chi connectivity index (χ2v) is 5.97. The van der Waals surface area contributed by atoms with E-state index in [1.165, 1.54) is 6.42 Å². The number of nitrogens with zero attached hydrogens (tertiary/aromatic N) is 3. The Morgan fingerprint density at radius 2 is 2.13 bits per heavy atom. The summed E-state index contributed by atoms with van der Waals surface area (Å²) in [5.41, 5.74) is 2.94. The second kappa shape index (κ2) is 6.01. The number of nitrogens with one attached hydrogen (secondary N) is 1. The molecule has 1 saturated heterocycles. The highest BCUT2D eigenvalue weighted by atomic mass is 16.5. The van der Waals surface area contributed by atoms with Crippen molar-refractivity contribution in [3.8, 4) is 11.4 Å². The van der Waals surface area contributed by atoms with Crippen LogP contribution in [0.3, 0.4) is 0 Å². The van der Waals surface area contributed by atoms with Crippen LogP contribution in [0.25, 0.3) is 16.9 Å². The standard InChI is InChI=1S/C18H20N4O/c1-23-15-6-4-14(5-7-15)22-17(11-13-8-10-19-12-13)21-16-3-2-9-20-18(16)22/h2-7,9,13,19H,8,10-12H2,1H3. The summed E-state index contributed by atoms with van der Waals surface area (Å²) in [7, 11) is 1.68. The van der Waals surface area contributed by atoms with Gasteiger partial charge in [0.15, 0.2) is 5.65 Å².